The van der Waals surface area contributed by atoms with Gasteiger partial charge in [-0.15, -0.1) is 0 Å². The van der Waals surface area contributed by atoms with E-state index in [2.05, 4.69) is 110 Å². The third kappa shape index (κ3) is 4.36. The molecule has 6 rings (SSSR count). The van der Waals surface area contributed by atoms with E-state index in [0.717, 1.165) is 44.3 Å². The Hall–Kier alpha value is -2.83. The van der Waals surface area contributed by atoms with Crippen LogP contribution >= 0.6 is 0 Å². The molecule has 0 spiro atoms. The molecule has 0 atom stereocenters. The normalized spacial score (nSPS) is 21.1. The van der Waals surface area contributed by atoms with Gasteiger partial charge in [0.15, 0.2) is 0 Å². The van der Waals surface area contributed by atoms with E-state index < -0.39 is 14.2 Å². The predicted octanol–water partition coefficient (Wildman–Crippen LogP) is 6.37. The molecule has 7 heteroatoms. The van der Waals surface area contributed by atoms with Gasteiger partial charge in [-0.1, -0.05) is 66.7 Å². The molecule has 200 valence electrons. The minimum Gasteiger partial charge on any atom is -0.455 e. The number of fused-ring (bicyclic) bond motifs is 1. The molecular weight excluding hydrogens is 486 g/mol. The van der Waals surface area contributed by atoms with Gasteiger partial charge in [0, 0.05) is 16.5 Å². The largest absolute Gasteiger partial charge is 0.494 e. The smallest absolute Gasteiger partial charge is 0.455 e. The fraction of sp³-hybridized carbons (Fsp3) is 0.375. The molecule has 1 aromatic heterocycles. The van der Waals surface area contributed by atoms with Crippen LogP contribution in [-0.2, 0) is 18.6 Å². The first kappa shape index (κ1) is 26.4. The van der Waals surface area contributed by atoms with Crippen molar-refractivity contribution in [3.8, 4) is 22.5 Å². The second-order valence-corrected chi connectivity index (χ2v) is 12.7. The average Bonchev–Trinajstić information content (AvgIpc) is 3.44. The van der Waals surface area contributed by atoms with Crippen molar-refractivity contribution in [1.82, 2.24) is 0 Å². The van der Waals surface area contributed by atoms with Gasteiger partial charge >= 0.3 is 14.2 Å². The second kappa shape index (κ2) is 8.84. The lowest BCUT2D eigenvalue weighted by atomic mass is 9.78. The first-order chi connectivity index (χ1) is 18.3. The summed E-state index contributed by atoms with van der Waals surface area (Å²) < 4.78 is 31.5. The third-order valence-corrected chi connectivity index (χ3v) is 9.02. The van der Waals surface area contributed by atoms with Crippen LogP contribution in [0.1, 0.15) is 55.4 Å². The van der Waals surface area contributed by atoms with E-state index in [1.165, 1.54) is 0 Å². The van der Waals surface area contributed by atoms with Crippen molar-refractivity contribution >= 4 is 36.1 Å². The number of para-hydroxylation sites is 1. The molecule has 39 heavy (non-hydrogen) atoms. The van der Waals surface area contributed by atoms with Gasteiger partial charge in [0.1, 0.15) is 11.3 Å². The molecule has 0 bridgehead atoms. The van der Waals surface area contributed by atoms with Crippen molar-refractivity contribution in [1.29, 1.82) is 0 Å². The van der Waals surface area contributed by atoms with E-state index in [9.17, 15) is 0 Å². The molecule has 0 aliphatic carbocycles. The van der Waals surface area contributed by atoms with E-state index in [1.807, 2.05) is 18.2 Å². The molecule has 2 aliphatic rings. The van der Waals surface area contributed by atoms with Gasteiger partial charge in [-0.25, -0.2) is 0 Å². The van der Waals surface area contributed by atoms with Crippen molar-refractivity contribution < 1.29 is 23.0 Å². The lowest BCUT2D eigenvalue weighted by molar-refractivity contribution is 0.00578. The summed E-state index contributed by atoms with van der Waals surface area (Å²) in [6.45, 7) is 16.6. The Morgan fingerprint density at radius 3 is 1.36 bits per heavy atom. The quantitative estimate of drug-likeness (QED) is 0.292. The number of hydrogen-bond acceptors (Lipinski definition) is 5. The first-order valence-corrected chi connectivity index (χ1v) is 13.7. The zero-order chi connectivity index (χ0) is 27.8. The Morgan fingerprint density at radius 1 is 0.487 bits per heavy atom. The van der Waals surface area contributed by atoms with Gasteiger partial charge < -0.3 is 23.0 Å². The predicted molar refractivity (Wildman–Crippen MR) is 159 cm³/mol. The van der Waals surface area contributed by atoms with E-state index in [1.54, 1.807) is 0 Å². The van der Waals surface area contributed by atoms with Crippen molar-refractivity contribution in [3.63, 3.8) is 0 Å². The summed E-state index contributed by atoms with van der Waals surface area (Å²) in [5.41, 5.74) is 4.46. The van der Waals surface area contributed by atoms with Gasteiger partial charge in [-0.2, -0.15) is 0 Å². The summed E-state index contributed by atoms with van der Waals surface area (Å²) in [5.74, 6) is 0.833. The van der Waals surface area contributed by atoms with Crippen LogP contribution < -0.4 is 10.9 Å². The molecular formula is C32H36B2O5. The van der Waals surface area contributed by atoms with Crippen LogP contribution in [-0.4, -0.2) is 36.6 Å². The van der Waals surface area contributed by atoms with Crippen molar-refractivity contribution in [2.24, 2.45) is 0 Å². The molecule has 3 heterocycles. The lowest BCUT2D eigenvalue weighted by Crippen LogP contribution is -2.41. The Balaban J connectivity index is 1.34. The average molecular weight is 522 g/mol. The molecule has 0 unspecified atom stereocenters. The number of furan rings is 1. The summed E-state index contributed by atoms with van der Waals surface area (Å²) in [6.07, 6.45) is 0. The maximum absolute atomic E-state index is 6.44. The summed E-state index contributed by atoms with van der Waals surface area (Å²) in [6, 6.07) is 24.9. The topological polar surface area (TPSA) is 50.1 Å². The highest BCUT2D eigenvalue weighted by molar-refractivity contribution is 6.62. The van der Waals surface area contributed by atoms with Crippen LogP contribution in [0.3, 0.4) is 0 Å². The van der Waals surface area contributed by atoms with Crippen molar-refractivity contribution in [2.45, 2.75) is 77.8 Å². The summed E-state index contributed by atoms with van der Waals surface area (Å²) in [7, 11) is -0.797. The number of hydrogen-bond donors (Lipinski definition) is 0. The monoisotopic (exact) mass is 522 g/mol. The number of benzene rings is 3. The van der Waals surface area contributed by atoms with Crippen LogP contribution in [0.5, 0.6) is 0 Å². The Kier molecular flexibility index (Phi) is 5.98. The Labute approximate surface area is 232 Å². The molecule has 0 radical (unpaired) electrons. The highest BCUT2D eigenvalue weighted by Gasteiger charge is 2.52. The second-order valence-electron chi connectivity index (χ2n) is 12.7. The molecule has 4 aromatic rings. The third-order valence-electron chi connectivity index (χ3n) is 9.02. The molecule has 5 nitrogen and oxygen atoms in total. The van der Waals surface area contributed by atoms with E-state index in [0.29, 0.717) is 0 Å². The molecule has 2 fully saturated rings. The minimum atomic E-state index is -0.401. The highest BCUT2D eigenvalue weighted by atomic mass is 16.7. The summed E-state index contributed by atoms with van der Waals surface area (Å²) in [5, 5.41) is 1.07. The Bertz CT molecular complexity index is 1480. The van der Waals surface area contributed by atoms with E-state index in [-0.39, 0.29) is 22.4 Å². The SMILES string of the molecule is CC1(C)OB(c2ccc(-c3oc4ccccc4c3-c3ccc(B4OC(C)(C)C(C)(C)O4)cc3)cc2)OC1(C)C. The van der Waals surface area contributed by atoms with Crippen LogP contribution in [0.25, 0.3) is 33.4 Å². The van der Waals surface area contributed by atoms with Crippen LogP contribution in [0.15, 0.2) is 77.2 Å². The maximum atomic E-state index is 6.44. The fourth-order valence-corrected chi connectivity index (χ4v) is 5.09. The number of rotatable bonds is 4. The van der Waals surface area contributed by atoms with Gasteiger partial charge in [-0.3, -0.25) is 0 Å². The molecule has 3 aromatic carbocycles. The molecule has 0 amide bonds. The Morgan fingerprint density at radius 2 is 0.897 bits per heavy atom. The molecule has 0 N–H and O–H groups in total. The maximum Gasteiger partial charge on any atom is 0.494 e. The van der Waals surface area contributed by atoms with Gasteiger partial charge in [0.25, 0.3) is 0 Å². The zero-order valence-corrected chi connectivity index (χ0v) is 24.1. The van der Waals surface area contributed by atoms with E-state index >= 15 is 0 Å². The van der Waals surface area contributed by atoms with E-state index in [4.69, 9.17) is 23.0 Å². The van der Waals surface area contributed by atoms with Crippen LogP contribution in [0.4, 0.5) is 0 Å². The summed E-state index contributed by atoms with van der Waals surface area (Å²) in [4.78, 5) is 0. The highest BCUT2D eigenvalue weighted by Crippen LogP contribution is 2.42. The lowest BCUT2D eigenvalue weighted by Gasteiger charge is -2.32. The van der Waals surface area contributed by atoms with Crippen LogP contribution in [0, 0.1) is 0 Å². The van der Waals surface area contributed by atoms with Gasteiger partial charge in [-0.05, 0) is 77.9 Å². The standard InChI is InChI=1S/C32H36B2O5/c1-29(2)30(3,4)37-33(36-29)23-17-13-21(14-18-23)27-25-11-9-10-12-26(25)35-28(27)22-15-19-24(20-16-22)34-38-31(5,6)32(7,8)39-34/h9-20H,1-8H3. The van der Waals surface area contributed by atoms with Crippen molar-refractivity contribution in [2.75, 3.05) is 0 Å². The van der Waals surface area contributed by atoms with Crippen LogP contribution in [0.2, 0.25) is 0 Å². The minimum absolute atomic E-state index is 0.378. The van der Waals surface area contributed by atoms with Crippen molar-refractivity contribution in [3.05, 3.63) is 72.8 Å². The fourth-order valence-electron chi connectivity index (χ4n) is 5.09. The molecule has 2 saturated heterocycles. The summed E-state index contributed by atoms with van der Waals surface area (Å²) >= 11 is 0. The molecule has 2 aliphatic heterocycles. The first-order valence-electron chi connectivity index (χ1n) is 13.7. The zero-order valence-electron chi connectivity index (χ0n) is 24.1. The van der Waals surface area contributed by atoms with Gasteiger partial charge in [0.2, 0.25) is 0 Å². The molecule has 0 saturated carbocycles. The van der Waals surface area contributed by atoms with Gasteiger partial charge in [0.05, 0.1) is 22.4 Å².